The molecule has 26 heavy (non-hydrogen) atoms. The van der Waals surface area contributed by atoms with Crippen molar-refractivity contribution in [3.63, 3.8) is 0 Å². The zero-order valence-electron chi connectivity index (χ0n) is 15.6. The summed E-state index contributed by atoms with van der Waals surface area (Å²) in [4.78, 5) is 16.4. The Hall–Kier alpha value is -2.94. The van der Waals surface area contributed by atoms with Crippen LogP contribution in [0.25, 0.3) is 22.3 Å². The maximum atomic E-state index is 12.0. The third-order valence-electron chi connectivity index (χ3n) is 5.66. The van der Waals surface area contributed by atoms with Crippen LogP contribution in [0.3, 0.4) is 0 Å². The first-order valence-corrected chi connectivity index (χ1v) is 8.87. The fourth-order valence-corrected chi connectivity index (χ4v) is 3.94. The van der Waals surface area contributed by atoms with E-state index in [4.69, 9.17) is 5.73 Å². The van der Waals surface area contributed by atoms with Crippen molar-refractivity contribution in [2.24, 2.45) is 5.73 Å². The molecule has 0 radical (unpaired) electrons. The smallest absolute Gasteiger partial charge is 0.267 e. The Balaban J connectivity index is 2.08. The van der Waals surface area contributed by atoms with E-state index < -0.39 is 5.91 Å². The summed E-state index contributed by atoms with van der Waals surface area (Å²) in [6.45, 7) is 8.50. The molecule has 4 rings (SSSR count). The number of nitrogens with zero attached hydrogens (tertiary/aromatic N) is 1. The summed E-state index contributed by atoms with van der Waals surface area (Å²) < 4.78 is 0. The molecule has 2 aromatic carbocycles. The van der Waals surface area contributed by atoms with Gasteiger partial charge in [0.05, 0.1) is 0 Å². The van der Waals surface area contributed by atoms with Crippen LogP contribution in [0.15, 0.2) is 36.5 Å². The molecule has 2 N–H and O–H groups in total. The molecular weight excluding hydrogens is 320 g/mol. The van der Waals surface area contributed by atoms with Gasteiger partial charge in [0.2, 0.25) is 0 Å². The highest BCUT2D eigenvalue weighted by Gasteiger charge is 2.28. The van der Waals surface area contributed by atoms with Crippen LogP contribution in [-0.2, 0) is 6.42 Å². The highest BCUT2D eigenvalue weighted by atomic mass is 16.1. The number of fused-ring (bicyclic) bond motifs is 3. The quantitative estimate of drug-likeness (QED) is 0.576. The van der Waals surface area contributed by atoms with Crippen LogP contribution in [0.1, 0.15) is 43.9 Å². The van der Waals surface area contributed by atoms with Crippen LogP contribution in [0.4, 0.5) is 0 Å². The summed E-state index contributed by atoms with van der Waals surface area (Å²) >= 11 is 0. The number of nitrogens with two attached hydrogens (primary N) is 1. The number of pyridine rings is 1. The first-order valence-electron chi connectivity index (χ1n) is 8.87. The van der Waals surface area contributed by atoms with Crippen molar-refractivity contribution in [3.05, 3.63) is 75.6 Å². The summed E-state index contributed by atoms with van der Waals surface area (Å²) in [5.74, 6) is -0.463. The number of hydrogen-bond acceptors (Lipinski definition) is 2. The van der Waals surface area contributed by atoms with Gasteiger partial charge in [-0.15, -0.1) is 0 Å². The summed E-state index contributed by atoms with van der Waals surface area (Å²) in [7, 11) is 0. The van der Waals surface area contributed by atoms with Gasteiger partial charge in [-0.2, -0.15) is 0 Å². The van der Waals surface area contributed by atoms with Crippen molar-refractivity contribution in [2.45, 2.75) is 34.1 Å². The zero-order valence-corrected chi connectivity index (χ0v) is 15.6. The molecule has 1 aliphatic carbocycles. The van der Waals surface area contributed by atoms with Crippen LogP contribution in [-0.4, -0.2) is 10.9 Å². The van der Waals surface area contributed by atoms with Gasteiger partial charge in [-0.3, -0.25) is 9.78 Å². The van der Waals surface area contributed by atoms with Gasteiger partial charge in [0.1, 0.15) is 5.69 Å². The lowest BCUT2D eigenvalue weighted by molar-refractivity contribution is 0.0995. The molecular formula is C23H22N2O. The SMILES string of the molecule is Cc1cc2c(cc1C)-c1c(-c3cccc(C)c3C)cnc(C(N)=O)c1C2. The van der Waals surface area contributed by atoms with E-state index >= 15 is 0 Å². The topological polar surface area (TPSA) is 56.0 Å². The number of amides is 1. The summed E-state index contributed by atoms with van der Waals surface area (Å²) in [5.41, 5.74) is 17.8. The van der Waals surface area contributed by atoms with Crippen LogP contribution in [0.2, 0.25) is 0 Å². The molecule has 3 heteroatoms. The molecule has 1 heterocycles. The number of aryl methyl sites for hydroxylation is 3. The van der Waals surface area contributed by atoms with E-state index in [0.717, 1.165) is 22.3 Å². The van der Waals surface area contributed by atoms with E-state index in [9.17, 15) is 4.79 Å². The van der Waals surface area contributed by atoms with Crippen molar-refractivity contribution in [1.29, 1.82) is 0 Å². The monoisotopic (exact) mass is 342 g/mol. The van der Waals surface area contributed by atoms with Crippen LogP contribution >= 0.6 is 0 Å². The van der Waals surface area contributed by atoms with Crippen LogP contribution < -0.4 is 5.73 Å². The van der Waals surface area contributed by atoms with Gasteiger partial charge in [-0.05, 0) is 77.8 Å². The highest BCUT2D eigenvalue weighted by molar-refractivity contribution is 6.00. The summed E-state index contributed by atoms with van der Waals surface area (Å²) in [5, 5.41) is 0. The standard InChI is InChI=1S/C23H22N2O/c1-12-6-5-7-17(15(12)4)20-11-25-22(23(24)26)19-10-16-8-13(2)14(3)9-18(16)21(19)20/h5-9,11H,10H2,1-4H3,(H2,24,26). The van der Waals surface area contributed by atoms with E-state index in [1.54, 1.807) is 0 Å². The third kappa shape index (κ3) is 2.35. The minimum atomic E-state index is -0.463. The zero-order chi connectivity index (χ0) is 18.6. The second-order valence-corrected chi connectivity index (χ2v) is 7.26. The molecule has 0 atom stereocenters. The van der Waals surface area contributed by atoms with Crippen molar-refractivity contribution in [2.75, 3.05) is 0 Å². The van der Waals surface area contributed by atoms with Crippen molar-refractivity contribution in [1.82, 2.24) is 4.98 Å². The molecule has 3 aromatic rings. The summed E-state index contributed by atoms with van der Waals surface area (Å²) in [6.07, 6.45) is 2.51. The molecule has 0 aliphatic heterocycles. The number of rotatable bonds is 2. The van der Waals surface area contributed by atoms with Crippen molar-refractivity contribution < 1.29 is 4.79 Å². The Morgan fingerprint density at radius 3 is 2.42 bits per heavy atom. The maximum absolute atomic E-state index is 12.0. The van der Waals surface area contributed by atoms with E-state index in [-0.39, 0.29) is 0 Å². The van der Waals surface area contributed by atoms with Crippen molar-refractivity contribution in [3.8, 4) is 22.3 Å². The van der Waals surface area contributed by atoms with Crippen molar-refractivity contribution >= 4 is 5.91 Å². The number of hydrogen-bond donors (Lipinski definition) is 1. The lowest BCUT2D eigenvalue weighted by atomic mass is 9.90. The van der Waals surface area contributed by atoms with Gasteiger partial charge >= 0.3 is 0 Å². The van der Waals surface area contributed by atoms with Gasteiger partial charge in [0.25, 0.3) is 5.91 Å². The highest BCUT2D eigenvalue weighted by Crippen LogP contribution is 2.45. The maximum Gasteiger partial charge on any atom is 0.267 e. The normalized spacial score (nSPS) is 12.0. The predicted octanol–water partition coefficient (Wildman–Crippen LogP) is 4.65. The van der Waals surface area contributed by atoms with E-state index in [1.807, 2.05) is 6.20 Å². The Labute approximate surface area is 153 Å². The number of primary amides is 1. The number of benzene rings is 2. The lowest BCUT2D eigenvalue weighted by Gasteiger charge is -2.15. The first-order chi connectivity index (χ1) is 12.4. The molecule has 1 aromatic heterocycles. The predicted molar refractivity (Wildman–Crippen MR) is 105 cm³/mol. The van der Waals surface area contributed by atoms with Crippen LogP contribution in [0.5, 0.6) is 0 Å². The minimum Gasteiger partial charge on any atom is -0.364 e. The first kappa shape index (κ1) is 16.5. The fraction of sp³-hybridized carbons (Fsp3) is 0.217. The molecule has 3 nitrogen and oxygen atoms in total. The lowest BCUT2D eigenvalue weighted by Crippen LogP contribution is -2.16. The second-order valence-electron chi connectivity index (χ2n) is 7.26. The minimum absolute atomic E-state index is 0.389. The number of carbonyl (C=O) groups is 1. The van der Waals surface area contributed by atoms with E-state index in [1.165, 1.54) is 33.4 Å². The average molecular weight is 342 g/mol. The average Bonchev–Trinajstić information content (AvgIpc) is 2.95. The largest absolute Gasteiger partial charge is 0.364 e. The Morgan fingerprint density at radius 1 is 0.962 bits per heavy atom. The molecule has 0 fully saturated rings. The van der Waals surface area contributed by atoms with Crippen LogP contribution in [0, 0.1) is 27.7 Å². The molecule has 0 bridgehead atoms. The molecule has 0 unspecified atom stereocenters. The molecule has 130 valence electrons. The van der Waals surface area contributed by atoms with Gasteiger partial charge in [0.15, 0.2) is 0 Å². The molecule has 0 spiro atoms. The van der Waals surface area contributed by atoms with Gasteiger partial charge in [-0.25, -0.2) is 0 Å². The third-order valence-corrected chi connectivity index (χ3v) is 5.66. The molecule has 0 saturated carbocycles. The molecule has 0 saturated heterocycles. The Kier molecular flexibility index (Phi) is 3.69. The Bertz CT molecular complexity index is 1080. The number of aromatic nitrogens is 1. The summed E-state index contributed by atoms with van der Waals surface area (Å²) in [6, 6.07) is 10.8. The molecule has 1 amide bonds. The Morgan fingerprint density at radius 2 is 1.69 bits per heavy atom. The second kappa shape index (κ2) is 5.80. The van der Waals surface area contributed by atoms with E-state index in [2.05, 4.69) is 63.0 Å². The van der Waals surface area contributed by atoms with E-state index in [0.29, 0.717) is 12.1 Å². The van der Waals surface area contributed by atoms with Gasteiger partial charge < -0.3 is 5.73 Å². The van der Waals surface area contributed by atoms with Gasteiger partial charge in [-0.1, -0.05) is 30.3 Å². The van der Waals surface area contributed by atoms with Gasteiger partial charge in [0, 0.05) is 18.2 Å². The molecule has 1 aliphatic rings. The fourth-order valence-electron chi connectivity index (χ4n) is 3.94. The number of carbonyl (C=O) groups excluding carboxylic acids is 1.